The van der Waals surface area contributed by atoms with Gasteiger partial charge in [0.15, 0.2) is 5.78 Å². The predicted octanol–water partition coefficient (Wildman–Crippen LogP) is 2.59. The Morgan fingerprint density at radius 3 is 2.18 bits per heavy atom. The van der Waals surface area contributed by atoms with Crippen LogP contribution >= 0.6 is 0 Å². The van der Waals surface area contributed by atoms with Crippen molar-refractivity contribution in [3.63, 3.8) is 0 Å². The molecular weight excluding hydrogens is 284 g/mol. The van der Waals surface area contributed by atoms with Crippen molar-refractivity contribution in [1.82, 2.24) is 0 Å². The molecule has 0 spiro atoms. The molecule has 0 fully saturated rings. The summed E-state index contributed by atoms with van der Waals surface area (Å²) in [5, 5.41) is 9.71. The first-order valence-electron chi connectivity index (χ1n) is 8.10. The van der Waals surface area contributed by atoms with E-state index in [1.54, 1.807) is 13.8 Å². The van der Waals surface area contributed by atoms with Crippen molar-refractivity contribution in [2.24, 2.45) is 5.92 Å². The Kier molecular flexibility index (Phi) is 9.39. The lowest BCUT2D eigenvalue weighted by Gasteiger charge is -2.30. The van der Waals surface area contributed by atoms with Gasteiger partial charge in [0.25, 0.3) is 0 Å². The normalized spacial score (nSPS) is 14.4. The van der Waals surface area contributed by atoms with E-state index in [9.17, 15) is 9.90 Å². The molecule has 0 aromatic carbocycles. The highest BCUT2D eigenvalue weighted by Crippen LogP contribution is 2.20. The molecule has 0 heterocycles. The van der Waals surface area contributed by atoms with Gasteiger partial charge in [-0.05, 0) is 41.0 Å². The van der Waals surface area contributed by atoms with Crippen LogP contribution in [0.1, 0.15) is 54.9 Å². The predicted molar refractivity (Wildman–Crippen MR) is 87.0 cm³/mol. The highest BCUT2D eigenvalue weighted by Gasteiger charge is 2.31. The fourth-order valence-electron chi connectivity index (χ4n) is 2.01. The topological polar surface area (TPSA) is 65.0 Å². The average molecular weight is 318 g/mol. The third-order valence-corrected chi connectivity index (χ3v) is 3.47. The summed E-state index contributed by atoms with van der Waals surface area (Å²) in [6, 6.07) is 0. The van der Waals surface area contributed by atoms with Crippen LogP contribution in [0.25, 0.3) is 0 Å². The standard InChI is InChI=1S/C17H34O5/c1-8-20-11-14(18)12-22-16(4,5)9-10-21-17(6,7)15(19)13(2)3/h13-14,18H,8-12H2,1-7H3. The molecule has 0 aliphatic heterocycles. The third kappa shape index (κ3) is 8.83. The van der Waals surface area contributed by atoms with Crippen LogP contribution in [-0.2, 0) is 19.0 Å². The number of ether oxygens (including phenoxy) is 3. The minimum atomic E-state index is -0.779. The summed E-state index contributed by atoms with van der Waals surface area (Å²) in [6.07, 6.45) is 0.0162. The van der Waals surface area contributed by atoms with Crippen molar-refractivity contribution in [1.29, 1.82) is 0 Å². The lowest BCUT2D eigenvalue weighted by molar-refractivity contribution is -0.147. The fourth-order valence-corrected chi connectivity index (χ4v) is 2.01. The van der Waals surface area contributed by atoms with Gasteiger partial charge in [-0.25, -0.2) is 0 Å². The smallest absolute Gasteiger partial charge is 0.166 e. The summed E-state index contributed by atoms with van der Waals surface area (Å²) in [7, 11) is 0. The van der Waals surface area contributed by atoms with Gasteiger partial charge >= 0.3 is 0 Å². The van der Waals surface area contributed by atoms with Crippen molar-refractivity contribution in [3.8, 4) is 0 Å². The maximum absolute atomic E-state index is 12.0. The van der Waals surface area contributed by atoms with E-state index >= 15 is 0 Å². The van der Waals surface area contributed by atoms with Crippen LogP contribution in [0.15, 0.2) is 0 Å². The number of rotatable bonds is 12. The number of carbonyl (C=O) groups is 1. The first kappa shape index (κ1) is 21.5. The van der Waals surface area contributed by atoms with Crippen LogP contribution in [0, 0.1) is 5.92 Å². The zero-order valence-corrected chi connectivity index (χ0v) is 15.3. The summed E-state index contributed by atoms with van der Waals surface area (Å²) in [5.74, 6) is 0.0475. The van der Waals surface area contributed by atoms with Gasteiger partial charge < -0.3 is 19.3 Å². The Bertz CT molecular complexity index is 323. The summed E-state index contributed by atoms with van der Waals surface area (Å²) in [4.78, 5) is 12.0. The van der Waals surface area contributed by atoms with Crippen LogP contribution in [0.2, 0.25) is 0 Å². The van der Waals surface area contributed by atoms with Crippen LogP contribution in [0.4, 0.5) is 0 Å². The first-order valence-corrected chi connectivity index (χ1v) is 8.10. The van der Waals surface area contributed by atoms with E-state index in [1.807, 2.05) is 34.6 Å². The second kappa shape index (κ2) is 9.60. The lowest BCUT2D eigenvalue weighted by Crippen LogP contribution is -2.40. The van der Waals surface area contributed by atoms with E-state index in [-0.39, 0.29) is 24.9 Å². The van der Waals surface area contributed by atoms with E-state index < -0.39 is 17.3 Å². The third-order valence-electron chi connectivity index (χ3n) is 3.47. The maximum Gasteiger partial charge on any atom is 0.166 e. The molecule has 1 unspecified atom stereocenters. The minimum absolute atomic E-state index is 0.0482. The molecule has 0 aromatic heterocycles. The molecule has 0 aliphatic rings. The molecule has 132 valence electrons. The molecule has 1 atom stereocenters. The van der Waals surface area contributed by atoms with Crippen LogP contribution in [-0.4, -0.2) is 54.6 Å². The minimum Gasteiger partial charge on any atom is -0.388 e. The highest BCUT2D eigenvalue weighted by atomic mass is 16.5. The Balaban J connectivity index is 4.14. The van der Waals surface area contributed by atoms with Gasteiger partial charge in [-0.1, -0.05) is 13.8 Å². The van der Waals surface area contributed by atoms with Gasteiger partial charge in [-0.15, -0.1) is 0 Å². The lowest BCUT2D eigenvalue weighted by atomic mass is 9.94. The summed E-state index contributed by atoms with van der Waals surface area (Å²) >= 11 is 0. The Labute approximate surface area is 135 Å². The maximum atomic E-state index is 12.0. The number of aliphatic hydroxyl groups is 1. The Morgan fingerprint density at radius 2 is 1.68 bits per heavy atom. The van der Waals surface area contributed by atoms with E-state index in [4.69, 9.17) is 14.2 Å². The second-order valence-corrected chi connectivity index (χ2v) is 7.01. The van der Waals surface area contributed by atoms with Crippen molar-refractivity contribution in [3.05, 3.63) is 0 Å². The number of aliphatic hydroxyl groups excluding tert-OH is 1. The molecule has 0 aromatic rings. The second-order valence-electron chi connectivity index (χ2n) is 7.01. The van der Waals surface area contributed by atoms with Crippen LogP contribution in [0.3, 0.4) is 0 Å². The van der Waals surface area contributed by atoms with Crippen molar-refractivity contribution < 1.29 is 24.1 Å². The van der Waals surface area contributed by atoms with E-state index in [0.717, 1.165) is 0 Å². The quantitative estimate of drug-likeness (QED) is 0.599. The largest absolute Gasteiger partial charge is 0.388 e. The zero-order valence-electron chi connectivity index (χ0n) is 15.3. The van der Waals surface area contributed by atoms with Gasteiger partial charge in [-0.2, -0.15) is 0 Å². The highest BCUT2D eigenvalue weighted by molar-refractivity contribution is 5.88. The number of ketones is 1. The fraction of sp³-hybridized carbons (Fsp3) is 0.941. The van der Waals surface area contributed by atoms with Gasteiger partial charge in [0, 0.05) is 12.5 Å². The molecular formula is C17H34O5. The van der Waals surface area contributed by atoms with Crippen LogP contribution < -0.4 is 0 Å². The molecule has 0 bridgehead atoms. The molecule has 0 saturated heterocycles. The molecule has 0 radical (unpaired) electrons. The van der Waals surface area contributed by atoms with Gasteiger partial charge in [0.05, 0.1) is 25.4 Å². The van der Waals surface area contributed by atoms with Gasteiger partial charge in [0.1, 0.15) is 11.7 Å². The molecule has 0 rings (SSSR count). The van der Waals surface area contributed by atoms with Crippen molar-refractivity contribution in [2.75, 3.05) is 26.4 Å². The molecule has 0 saturated carbocycles. The van der Waals surface area contributed by atoms with Crippen molar-refractivity contribution >= 4 is 5.78 Å². The number of Topliss-reactive ketones (excluding diaryl/α,β-unsaturated/α-hetero) is 1. The van der Waals surface area contributed by atoms with E-state index in [2.05, 4.69) is 0 Å². The number of hydrogen-bond acceptors (Lipinski definition) is 5. The summed E-state index contributed by atoms with van der Waals surface area (Å²) in [5.41, 5.74) is -1.21. The SMILES string of the molecule is CCOCC(O)COC(C)(C)CCOC(C)(C)C(=O)C(C)C. The molecule has 0 amide bonds. The van der Waals surface area contributed by atoms with Gasteiger partial charge in [0.2, 0.25) is 0 Å². The summed E-state index contributed by atoms with van der Waals surface area (Å²) < 4.78 is 16.6. The first-order chi connectivity index (χ1) is 10.0. The van der Waals surface area contributed by atoms with Gasteiger partial charge in [-0.3, -0.25) is 4.79 Å². The van der Waals surface area contributed by atoms with Crippen molar-refractivity contribution in [2.45, 2.75) is 72.2 Å². The molecule has 5 heteroatoms. The van der Waals surface area contributed by atoms with E-state index in [1.165, 1.54) is 0 Å². The molecule has 0 aliphatic carbocycles. The molecule has 22 heavy (non-hydrogen) atoms. The number of hydrogen-bond donors (Lipinski definition) is 1. The summed E-state index contributed by atoms with van der Waals surface area (Å²) in [6.45, 7) is 14.6. The number of carbonyl (C=O) groups excluding carboxylic acids is 1. The molecule has 1 N–H and O–H groups in total. The Morgan fingerprint density at radius 1 is 1.09 bits per heavy atom. The van der Waals surface area contributed by atoms with E-state index in [0.29, 0.717) is 19.6 Å². The molecule has 5 nitrogen and oxygen atoms in total. The Hall–Kier alpha value is -0.490. The van der Waals surface area contributed by atoms with Crippen LogP contribution in [0.5, 0.6) is 0 Å². The zero-order chi connectivity index (χ0) is 17.4. The average Bonchev–Trinajstić information content (AvgIpc) is 2.41. The monoisotopic (exact) mass is 318 g/mol.